The molecule has 0 unspecified atom stereocenters. The molecular weight excluding hydrogens is 497 g/mol. The van der Waals surface area contributed by atoms with Crippen LogP contribution in [0.3, 0.4) is 0 Å². The summed E-state index contributed by atoms with van der Waals surface area (Å²) in [6.45, 7) is 10.1. The SMILES string of the molecule is CCNC(=O)c1cnc(N2C[C@H](CC)N(C3CCN(C(=O)c4ccc(Cl)cc4)CC3)C[C@H]2C)c(Cl)c1. The lowest BCUT2D eigenvalue weighted by atomic mass is 9.96. The Kier molecular flexibility index (Phi) is 8.75. The number of pyridine rings is 1. The molecule has 0 bridgehead atoms. The van der Waals surface area contributed by atoms with Crippen molar-refractivity contribution in [2.24, 2.45) is 0 Å². The number of rotatable bonds is 6. The summed E-state index contributed by atoms with van der Waals surface area (Å²) in [5.41, 5.74) is 1.16. The molecule has 2 saturated heterocycles. The van der Waals surface area contributed by atoms with Crippen molar-refractivity contribution >= 4 is 40.8 Å². The first kappa shape index (κ1) is 26.7. The van der Waals surface area contributed by atoms with Crippen LogP contribution >= 0.6 is 23.2 Å². The van der Waals surface area contributed by atoms with Crippen LogP contribution in [0.25, 0.3) is 0 Å². The number of hydrogen-bond donors (Lipinski definition) is 1. The van der Waals surface area contributed by atoms with E-state index in [1.54, 1.807) is 36.5 Å². The van der Waals surface area contributed by atoms with E-state index in [1.165, 1.54) is 0 Å². The first-order chi connectivity index (χ1) is 17.3. The number of aromatic nitrogens is 1. The van der Waals surface area contributed by atoms with Crippen LogP contribution < -0.4 is 10.2 Å². The van der Waals surface area contributed by atoms with Crippen LogP contribution in [0.15, 0.2) is 36.5 Å². The van der Waals surface area contributed by atoms with Gasteiger partial charge in [0.25, 0.3) is 11.8 Å². The number of benzene rings is 1. The van der Waals surface area contributed by atoms with Gasteiger partial charge in [0.05, 0.1) is 10.6 Å². The summed E-state index contributed by atoms with van der Waals surface area (Å²) >= 11 is 12.6. The predicted molar refractivity (Wildman–Crippen MR) is 145 cm³/mol. The quantitative estimate of drug-likeness (QED) is 0.583. The van der Waals surface area contributed by atoms with Crippen molar-refractivity contribution < 1.29 is 9.59 Å². The summed E-state index contributed by atoms with van der Waals surface area (Å²) in [5, 5.41) is 3.93. The second-order valence-corrected chi connectivity index (χ2v) is 10.5. The molecule has 7 nitrogen and oxygen atoms in total. The Morgan fingerprint density at radius 3 is 2.36 bits per heavy atom. The molecule has 36 heavy (non-hydrogen) atoms. The number of hydrogen-bond acceptors (Lipinski definition) is 5. The van der Waals surface area contributed by atoms with Gasteiger partial charge in [0.2, 0.25) is 0 Å². The third kappa shape index (κ3) is 5.79. The van der Waals surface area contributed by atoms with Gasteiger partial charge in [-0.25, -0.2) is 4.98 Å². The van der Waals surface area contributed by atoms with Crippen molar-refractivity contribution in [3.63, 3.8) is 0 Å². The van der Waals surface area contributed by atoms with Gasteiger partial charge in [0.15, 0.2) is 0 Å². The number of carbonyl (C=O) groups excluding carboxylic acids is 2. The summed E-state index contributed by atoms with van der Waals surface area (Å²) in [6, 6.07) is 9.87. The average Bonchev–Trinajstić information content (AvgIpc) is 2.89. The lowest BCUT2D eigenvalue weighted by Gasteiger charge is -2.50. The zero-order valence-corrected chi connectivity index (χ0v) is 22.7. The zero-order chi connectivity index (χ0) is 25.8. The molecule has 1 N–H and O–H groups in total. The molecule has 2 atom stereocenters. The van der Waals surface area contributed by atoms with Crippen molar-refractivity contribution in [2.75, 3.05) is 37.6 Å². The first-order valence-electron chi connectivity index (χ1n) is 12.8. The smallest absolute Gasteiger partial charge is 0.253 e. The Labute approximate surface area is 223 Å². The van der Waals surface area contributed by atoms with E-state index < -0.39 is 0 Å². The largest absolute Gasteiger partial charge is 0.352 e. The van der Waals surface area contributed by atoms with E-state index in [2.05, 4.69) is 33.9 Å². The zero-order valence-electron chi connectivity index (χ0n) is 21.2. The maximum absolute atomic E-state index is 12.9. The number of nitrogens with one attached hydrogen (secondary N) is 1. The molecule has 194 valence electrons. The van der Waals surface area contributed by atoms with E-state index in [0.717, 1.165) is 51.3 Å². The topological polar surface area (TPSA) is 68.8 Å². The molecule has 3 heterocycles. The number of nitrogens with zero attached hydrogens (tertiary/aromatic N) is 4. The normalized spacial score (nSPS) is 21.5. The van der Waals surface area contributed by atoms with Gasteiger partial charge < -0.3 is 15.1 Å². The third-order valence-corrected chi connectivity index (χ3v) is 7.89. The fourth-order valence-electron chi connectivity index (χ4n) is 5.38. The van der Waals surface area contributed by atoms with Crippen LogP contribution in [0.5, 0.6) is 0 Å². The number of halogens is 2. The Bertz CT molecular complexity index is 1070. The van der Waals surface area contributed by atoms with Crippen LogP contribution in [-0.2, 0) is 0 Å². The Morgan fingerprint density at radius 1 is 1.06 bits per heavy atom. The second-order valence-electron chi connectivity index (χ2n) is 9.68. The van der Waals surface area contributed by atoms with Gasteiger partial charge in [-0.15, -0.1) is 0 Å². The molecule has 2 fully saturated rings. The summed E-state index contributed by atoms with van der Waals surface area (Å²) < 4.78 is 0. The highest BCUT2D eigenvalue weighted by molar-refractivity contribution is 6.33. The van der Waals surface area contributed by atoms with Crippen LogP contribution in [-0.4, -0.2) is 77.4 Å². The highest BCUT2D eigenvalue weighted by Gasteiger charge is 2.37. The van der Waals surface area contributed by atoms with Crippen molar-refractivity contribution in [1.82, 2.24) is 20.1 Å². The molecule has 0 spiro atoms. The van der Waals surface area contributed by atoms with Crippen molar-refractivity contribution in [3.05, 3.63) is 57.7 Å². The first-order valence-corrected chi connectivity index (χ1v) is 13.6. The van der Waals surface area contributed by atoms with Crippen molar-refractivity contribution in [3.8, 4) is 0 Å². The minimum absolute atomic E-state index is 0.0760. The number of amides is 2. The van der Waals surface area contributed by atoms with Crippen molar-refractivity contribution in [2.45, 2.75) is 58.2 Å². The lowest BCUT2D eigenvalue weighted by molar-refractivity contribution is 0.0434. The molecule has 1 aromatic carbocycles. The van der Waals surface area contributed by atoms with E-state index in [0.29, 0.717) is 39.8 Å². The molecule has 4 rings (SSSR count). The van der Waals surface area contributed by atoms with Gasteiger partial charge in [-0.3, -0.25) is 14.5 Å². The van der Waals surface area contributed by atoms with Gasteiger partial charge in [0.1, 0.15) is 5.82 Å². The summed E-state index contributed by atoms with van der Waals surface area (Å²) in [7, 11) is 0. The van der Waals surface area contributed by atoms with E-state index in [1.807, 2.05) is 11.8 Å². The fraction of sp³-hybridized carbons (Fsp3) is 0.519. The van der Waals surface area contributed by atoms with E-state index in [9.17, 15) is 9.59 Å². The number of piperazine rings is 1. The standard InChI is InChI=1S/C27H35Cl2N5O2/c1-4-22-17-33(25-24(29)14-20(15-31-25)26(35)30-5-2)18(3)16-34(22)23-10-12-32(13-11-23)27(36)19-6-8-21(28)9-7-19/h6-9,14-15,18,22-23H,4-5,10-13,16-17H2,1-3H3,(H,30,35)/t18-,22+/m1/s1. The Balaban J connectivity index is 1.40. The van der Waals surface area contributed by atoms with Crippen LogP contribution in [0.4, 0.5) is 5.82 Å². The number of carbonyl (C=O) groups is 2. The number of piperidine rings is 1. The average molecular weight is 533 g/mol. The number of anilines is 1. The predicted octanol–water partition coefficient (Wildman–Crippen LogP) is 4.73. The summed E-state index contributed by atoms with van der Waals surface area (Å²) in [4.78, 5) is 36.5. The molecule has 9 heteroatoms. The summed E-state index contributed by atoms with van der Waals surface area (Å²) in [5.74, 6) is 0.648. The van der Waals surface area contributed by atoms with Gasteiger partial charge in [0, 0.05) is 67.6 Å². The van der Waals surface area contributed by atoms with Gasteiger partial charge >= 0.3 is 0 Å². The molecule has 2 aromatic rings. The summed E-state index contributed by atoms with van der Waals surface area (Å²) in [6.07, 6.45) is 4.55. The third-order valence-electron chi connectivity index (χ3n) is 7.36. The van der Waals surface area contributed by atoms with Gasteiger partial charge in [-0.1, -0.05) is 30.1 Å². The molecular formula is C27H35Cl2N5O2. The number of likely N-dealkylation sites (tertiary alicyclic amines) is 1. The Hall–Kier alpha value is -2.35. The highest BCUT2D eigenvalue weighted by atomic mass is 35.5. The maximum atomic E-state index is 12.9. The van der Waals surface area contributed by atoms with Crippen LogP contribution in [0.1, 0.15) is 60.7 Å². The minimum Gasteiger partial charge on any atom is -0.352 e. The molecule has 2 aliphatic rings. The molecule has 0 aliphatic carbocycles. The molecule has 0 radical (unpaired) electrons. The molecule has 2 aliphatic heterocycles. The van der Waals surface area contributed by atoms with Gasteiger partial charge in [-0.2, -0.15) is 0 Å². The second kappa shape index (κ2) is 11.8. The maximum Gasteiger partial charge on any atom is 0.253 e. The van der Waals surface area contributed by atoms with E-state index in [-0.39, 0.29) is 17.9 Å². The molecule has 0 saturated carbocycles. The fourth-order valence-corrected chi connectivity index (χ4v) is 5.78. The molecule has 1 aromatic heterocycles. The van der Waals surface area contributed by atoms with E-state index >= 15 is 0 Å². The highest BCUT2D eigenvalue weighted by Crippen LogP contribution is 2.32. The van der Waals surface area contributed by atoms with Crippen LogP contribution in [0.2, 0.25) is 10.0 Å². The van der Waals surface area contributed by atoms with Gasteiger partial charge in [-0.05, 0) is 63.4 Å². The Morgan fingerprint density at radius 2 is 1.75 bits per heavy atom. The lowest BCUT2D eigenvalue weighted by Crippen LogP contribution is -2.61. The minimum atomic E-state index is -0.163. The van der Waals surface area contributed by atoms with Crippen molar-refractivity contribution in [1.29, 1.82) is 0 Å². The van der Waals surface area contributed by atoms with Crippen LogP contribution in [0, 0.1) is 0 Å². The monoisotopic (exact) mass is 531 g/mol. The molecule has 2 amide bonds. The van der Waals surface area contributed by atoms with E-state index in [4.69, 9.17) is 23.2 Å².